The molecular formula is C14H13F3O4. The molecule has 1 aliphatic heterocycles. The summed E-state index contributed by atoms with van der Waals surface area (Å²) >= 11 is 0. The molecule has 0 bridgehead atoms. The molecule has 7 heteroatoms. The average molecular weight is 302 g/mol. The summed E-state index contributed by atoms with van der Waals surface area (Å²) in [6.45, 7) is 0.803. The van der Waals surface area contributed by atoms with E-state index in [0.29, 0.717) is 5.56 Å². The molecule has 0 spiro atoms. The van der Waals surface area contributed by atoms with Crippen molar-refractivity contribution in [2.75, 3.05) is 13.7 Å². The number of halogens is 3. The summed E-state index contributed by atoms with van der Waals surface area (Å²) < 4.78 is 50.0. The minimum Gasteiger partial charge on any atom is -0.478 e. The van der Waals surface area contributed by atoms with Crippen molar-refractivity contribution in [3.05, 3.63) is 34.9 Å². The first-order valence-corrected chi connectivity index (χ1v) is 6.02. The van der Waals surface area contributed by atoms with Gasteiger partial charge in [0.05, 0.1) is 12.2 Å². The standard InChI is InChI=1S/C14H13F3O4/c1-8-3-4-11-9(5-8)6-10(12(18)19)13(21-11,7-20-2)14(15,16)17/h3-6H,7H2,1-2H3,(H,18,19). The first-order chi connectivity index (χ1) is 9.71. The van der Waals surface area contributed by atoms with Crippen molar-refractivity contribution >= 4 is 12.0 Å². The van der Waals surface area contributed by atoms with Gasteiger partial charge in [0, 0.05) is 12.7 Å². The van der Waals surface area contributed by atoms with Crippen molar-refractivity contribution in [1.82, 2.24) is 0 Å². The van der Waals surface area contributed by atoms with E-state index < -0.39 is 29.9 Å². The number of methoxy groups -OCH3 is 1. The van der Waals surface area contributed by atoms with Crippen LogP contribution in [0.25, 0.3) is 6.08 Å². The molecule has 1 unspecified atom stereocenters. The first kappa shape index (κ1) is 15.4. The van der Waals surface area contributed by atoms with E-state index in [2.05, 4.69) is 4.74 Å². The van der Waals surface area contributed by atoms with Gasteiger partial charge in [-0.3, -0.25) is 0 Å². The van der Waals surface area contributed by atoms with Gasteiger partial charge in [-0.25, -0.2) is 4.79 Å². The number of hydrogen-bond acceptors (Lipinski definition) is 3. The third-order valence-electron chi connectivity index (χ3n) is 3.22. The molecule has 0 aromatic heterocycles. The van der Waals surface area contributed by atoms with Crippen LogP contribution in [0.4, 0.5) is 13.2 Å². The molecule has 21 heavy (non-hydrogen) atoms. The van der Waals surface area contributed by atoms with Gasteiger partial charge in [0.2, 0.25) is 0 Å². The van der Waals surface area contributed by atoms with Crippen molar-refractivity contribution < 1.29 is 32.5 Å². The van der Waals surface area contributed by atoms with Gasteiger partial charge in [0.25, 0.3) is 5.60 Å². The summed E-state index contributed by atoms with van der Waals surface area (Å²) in [7, 11) is 1.06. The van der Waals surface area contributed by atoms with Crippen molar-refractivity contribution in [2.24, 2.45) is 0 Å². The Morgan fingerprint density at radius 2 is 2.10 bits per heavy atom. The number of aryl methyl sites for hydroxylation is 1. The number of carbonyl (C=O) groups is 1. The first-order valence-electron chi connectivity index (χ1n) is 6.02. The molecule has 1 atom stereocenters. The van der Waals surface area contributed by atoms with Crippen LogP contribution in [0.3, 0.4) is 0 Å². The second-order valence-electron chi connectivity index (χ2n) is 4.76. The maximum atomic E-state index is 13.5. The molecule has 1 N–H and O–H groups in total. The number of aliphatic carboxylic acids is 1. The largest absolute Gasteiger partial charge is 0.478 e. The highest BCUT2D eigenvalue weighted by atomic mass is 19.4. The normalized spacial score (nSPS) is 21.3. The van der Waals surface area contributed by atoms with Crippen LogP contribution in [0.2, 0.25) is 0 Å². The molecule has 0 saturated heterocycles. The van der Waals surface area contributed by atoms with Crippen molar-refractivity contribution in [3.8, 4) is 5.75 Å². The van der Waals surface area contributed by atoms with Crippen molar-refractivity contribution in [3.63, 3.8) is 0 Å². The smallest absolute Gasteiger partial charge is 0.435 e. The van der Waals surface area contributed by atoms with Gasteiger partial charge in [-0.15, -0.1) is 0 Å². The number of benzene rings is 1. The van der Waals surface area contributed by atoms with E-state index in [1.807, 2.05) is 0 Å². The van der Waals surface area contributed by atoms with E-state index in [1.54, 1.807) is 19.1 Å². The van der Waals surface area contributed by atoms with Crippen LogP contribution in [-0.2, 0) is 9.53 Å². The van der Waals surface area contributed by atoms with Crippen LogP contribution < -0.4 is 4.74 Å². The number of fused-ring (bicyclic) bond motifs is 1. The summed E-state index contributed by atoms with van der Waals surface area (Å²) in [6, 6.07) is 4.54. The fourth-order valence-corrected chi connectivity index (χ4v) is 2.23. The zero-order valence-corrected chi connectivity index (χ0v) is 11.3. The lowest BCUT2D eigenvalue weighted by Gasteiger charge is -2.38. The Balaban J connectivity index is 2.68. The predicted molar refractivity (Wildman–Crippen MR) is 68.1 cm³/mol. The van der Waals surface area contributed by atoms with E-state index in [4.69, 9.17) is 9.84 Å². The van der Waals surface area contributed by atoms with Gasteiger partial charge in [-0.2, -0.15) is 13.2 Å². The second kappa shape index (κ2) is 5.07. The summed E-state index contributed by atoms with van der Waals surface area (Å²) in [5, 5.41) is 9.15. The highest BCUT2D eigenvalue weighted by molar-refractivity contribution is 5.96. The zero-order chi connectivity index (χ0) is 15.8. The Morgan fingerprint density at radius 3 is 2.62 bits per heavy atom. The lowest BCUT2D eigenvalue weighted by atomic mass is 9.88. The molecule has 0 amide bonds. The van der Waals surface area contributed by atoms with E-state index in [9.17, 15) is 18.0 Å². The van der Waals surface area contributed by atoms with E-state index in [0.717, 1.165) is 18.7 Å². The van der Waals surface area contributed by atoms with Gasteiger partial charge in [-0.05, 0) is 25.1 Å². The molecule has 0 saturated carbocycles. The third kappa shape index (κ3) is 2.49. The molecule has 1 aromatic rings. The minimum absolute atomic E-state index is 0.0278. The molecular weight excluding hydrogens is 289 g/mol. The van der Waals surface area contributed by atoms with Gasteiger partial charge >= 0.3 is 12.1 Å². The topological polar surface area (TPSA) is 55.8 Å². The molecule has 1 heterocycles. The van der Waals surface area contributed by atoms with Gasteiger partial charge in [0.1, 0.15) is 5.75 Å². The number of alkyl halides is 3. The minimum atomic E-state index is -4.93. The maximum absolute atomic E-state index is 13.5. The zero-order valence-electron chi connectivity index (χ0n) is 11.3. The SMILES string of the molecule is COCC1(C(F)(F)F)Oc2ccc(C)cc2C=C1C(=O)O. The summed E-state index contributed by atoms with van der Waals surface area (Å²) in [6.07, 6.45) is -3.95. The number of rotatable bonds is 3. The molecule has 114 valence electrons. The molecule has 0 aliphatic carbocycles. The average Bonchev–Trinajstić information content (AvgIpc) is 2.37. The molecule has 4 nitrogen and oxygen atoms in total. The lowest BCUT2D eigenvalue weighted by Crippen LogP contribution is -2.57. The maximum Gasteiger partial charge on any atom is 0.435 e. The Morgan fingerprint density at radius 1 is 1.43 bits per heavy atom. The van der Waals surface area contributed by atoms with E-state index in [-0.39, 0.29) is 5.75 Å². The third-order valence-corrected chi connectivity index (χ3v) is 3.22. The monoisotopic (exact) mass is 302 g/mol. The van der Waals surface area contributed by atoms with Gasteiger partial charge in [-0.1, -0.05) is 11.6 Å². The number of hydrogen-bond donors (Lipinski definition) is 1. The highest BCUT2D eigenvalue weighted by Crippen LogP contribution is 2.45. The lowest BCUT2D eigenvalue weighted by molar-refractivity contribution is -0.247. The Hall–Kier alpha value is -2.02. The van der Waals surface area contributed by atoms with E-state index >= 15 is 0 Å². The van der Waals surface area contributed by atoms with E-state index in [1.165, 1.54) is 6.07 Å². The molecule has 2 rings (SSSR count). The van der Waals surface area contributed by atoms with Crippen molar-refractivity contribution in [1.29, 1.82) is 0 Å². The molecule has 1 aliphatic rings. The molecule has 1 aromatic carbocycles. The van der Waals surface area contributed by atoms with Crippen LogP contribution in [-0.4, -0.2) is 36.6 Å². The fraction of sp³-hybridized carbons (Fsp3) is 0.357. The Kier molecular flexibility index (Phi) is 3.71. The van der Waals surface area contributed by atoms with Gasteiger partial charge in [0.15, 0.2) is 0 Å². The number of carboxylic acid groups (broad SMARTS) is 1. The molecule has 0 radical (unpaired) electrons. The highest BCUT2D eigenvalue weighted by Gasteiger charge is 2.63. The van der Waals surface area contributed by atoms with Crippen LogP contribution in [0, 0.1) is 6.92 Å². The summed E-state index contributed by atoms with van der Waals surface area (Å²) in [4.78, 5) is 11.3. The van der Waals surface area contributed by atoms with Crippen molar-refractivity contribution in [2.45, 2.75) is 18.7 Å². The number of carboxylic acids is 1. The second-order valence-corrected chi connectivity index (χ2v) is 4.76. The Labute approximate surface area is 118 Å². The fourth-order valence-electron chi connectivity index (χ4n) is 2.23. The van der Waals surface area contributed by atoms with Crippen LogP contribution in [0.1, 0.15) is 11.1 Å². The van der Waals surface area contributed by atoms with Crippen LogP contribution in [0.15, 0.2) is 23.8 Å². The van der Waals surface area contributed by atoms with Gasteiger partial charge < -0.3 is 14.6 Å². The molecule has 0 fully saturated rings. The summed E-state index contributed by atoms with van der Waals surface area (Å²) in [5.74, 6) is -1.73. The quantitative estimate of drug-likeness (QED) is 0.933. The predicted octanol–water partition coefficient (Wildman–Crippen LogP) is 2.80. The number of ether oxygens (including phenoxy) is 2. The van der Waals surface area contributed by atoms with Crippen LogP contribution >= 0.6 is 0 Å². The Bertz CT molecular complexity index is 607. The van der Waals surface area contributed by atoms with Crippen LogP contribution in [0.5, 0.6) is 5.75 Å². The summed E-state index contributed by atoms with van der Waals surface area (Å²) in [5.41, 5.74) is -2.83.